The van der Waals surface area contributed by atoms with E-state index in [0.717, 1.165) is 24.8 Å². The topological polar surface area (TPSA) is 63.4 Å². The first-order chi connectivity index (χ1) is 10.9. The number of primary amides is 1. The Morgan fingerprint density at radius 1 is 1.22 bits per heavy atom. The lowest BCUT2D eigenvalue weighted by atomic mass is 9.63. The highest BCUT2D eigenvalue weighted by Crippen LogP contribution is 2.50. The number of benzene rings is 1. The fourth-order valence-electron chi connectivity index (χ4n) is 3.70. The summed E-state index contributed by atoms with van der Waals surface area (Å²) in [5, 5.41) is 1.09. The number of hydrogen-bond donors (Lipinski definition) is 1. The van der Waals surface area contributed by atoms with Gasteiger partial charge in [-0.15, -0.1) is 0 Å². The van der Waals surface area contributed by atoms with Crippen LogP contribution in [0.5, 0.6) is 0 Å². The van der Waals surface area contributed by atoms with E-state index in [-0.39, 0.29) is 23.8 Å². The van der Waals surface area contributed by atoms with Crippen molar-refractivity contribution in [2.75, 3.05) is 7.05 Å². The number of amides is 2. The largest absolute Gasteiger partial charge is 0.369 e. The van der Waals surface area contributed by atoms with Crippen LogP contribution in [-0.4, -0.2) is 29.8 Å². The van der Waals surface area contributed by atoms with E-state index >= 15 is 0 Å². The summed E-state index contributed by atoms with van der Waals surface area (Å²) in [7, 11) is 1.80. The summed E-state index contributed by atoms with van der Waals surface area (Å²) in [5.41, 5.74) is 5.44. The average molecular weight is 355 g/mol. The molecule has 1 aromatic rings. The van der Waals surface area contributed by atoms with E-state index in [2.05, 4.69) is 0 Å². The molecular weight excluding hydrogens is 335 g/mol. The summed E-state index contributed by atoms with van der Waals surface area (Å²) < 4.78 is 0. The van der Waals surface area contributed by atoms with Gasteiger partial charge < -0.3 is 10.6 Å². The van der Waals surface area contributed by atoms with Crippen molar-refractivity contribution < 1.29 is 9.59 Å². The molecule has 2 amide bonds. The molecule has 23 heavy (non-hydrogen) atoms. The van der Waals surface area contributed by atoms with E-state index in [1.165, 1.54) is 0 Å². The summed E-state index contributed by atoms with van der Waals surface area (Å²) in [6.45, 7) is 0. The van der Waals surface area contributed by atoms with Crippen LogP contribution in [0.25, 0.3) is 0 Å². The van der Waals surface area contributed by atoms with Crippen LogP contribution in [0, 0.1) is 5.92 Å². The minimum atomic E-state index is -0.623. The van der Waals surface area contributed by atoms with Crippen LogP contribution < -0.4 is 5.73 Å². The van der Waals surface area contributed by atoms with Crippen LogP contribution in [0.2, 0.25) is 10.0 Å². The molecular formula is C17H20Cl2N2O2. The fraction of sp³-hybridized carbons (Fsp3) is 0.529. The molecule has 0 heterocycles. The zero-order valence-electron chi connectivity index (χ0n) is 13.0. The van der Waals surface area contributed by atoms with Crippen molar-refractivity contribution in [2.45, 2.75) is 43.6 Å². The summed E-state index contributed by atoms with van der Waals surface area (Å²) in [6, 6.07) is 5.42. The Labute approximate surface area is 145 Å². The van der Waals surface area contributed by atoms with E-state index < -0.39 is 5.41 Å². The second kappa shape index (κ2) is 5.99. The molecule has 0 radical (unpaired) electrons. The fourth-order valence-corrected chi connectivity index (χ4v) is 4.46. The quantitative estimate of drug-likeness (QED) is 0.902. The minimum Gasteiger partial charge on any atom is -0.369 e. The van der Waals surface area contributed by atoms with Crippen LogP contribution in [0.1, 0.15) is 37.7 Å². The van der Waals surface area contributed by atoms with Gasteiger partial charge in [-0.25, -0.2) is 0 Å². The van der Waals surface area contributed by atoms with Gasteiger partial charge >= 0.3 is 0 Å². The molecule has 0 saturated heterocycles. The standard InChI is InChI=1S/C17H20Cl2N2O2/c1-21(11-8-10(9-11)15(20)22)16(23)17(6-3-7-17)14-12(18)4-2-5-13(14)19/h2,4-5,10-11H,3,6-9H2,1H3,(H2,20,22). The zero-order chi connectivity index (χ0) is 16.8. The van der Waals surface area contributed by atoms with Crippen LogP contribution >= 0.6 is 23.2 Å². The second-order valence-corrected chi connectivity index (χ2v) is 7.49. The molecule has 2 N–H and O–H groups in total. The SMILES string of the molecule is CN(C(=O)C1(c2c(Cl)cccc2Cl)CCC1)C1CC(C(N)=O)C1. The van der Waals surface area contributed by atoms with Crippen molar-refractivity contribution in [3.63, 3.8) is 0 Å². The number of nitrogens with zero attached hydrogens (tertiary/aromatic N) is 1. The molecule has 6 heteroatoms. The number of rotatable bonds is 4. The van der Waals surface area contributed by atoms with Gasteiger partial charge in [-0.3, -0.25) is 9.59 Å². The highest BCUT2D eigenvalue weighted by molar-refractivity contribution is 6.36. The van der Waals surface area contributed by atoms with Crippen molar-refractivity contribution in [3.05, 3.63) is 33.8 Å². The normalized spacial score (nSPS) is 25.2. The second-order valence-electron chi connectivity index (χ2n) is 6.67. The van der Waals surface area contributed by atoms with Crippen LogP contribution in [0.3, 0.4) is 0 Å². The summed E-state index contributed by atoms with van der Waals surface area (Å²) in [5.74, 6) is -0.349. The maximum absolute atomic E-state index is 13.2. The molecule has 0 aliphatic heterocycles. The number of carbonyl (C=O) groups excluding carboxylic acids is 2. The van der Waals surface area contributed by atoms with Crippen molar-refractivity contribution in [3.8, 4) is 0 Å². The molecule has 0 spiro atoms. The van der Waals surface area contributed by atoms with E-state index in [1.54, 1.807) is 30.1 Å². The van der Waals surface area contributed by atoms with E-state index in [9.17, 15) is 9.59 Å². The smallest absolute Gasteiger partial charge is 0.233 e. The predicted octanol–water partition coefficient (Wildman–Crippen LogP) is 3.14. The minimum absolute atomic E-state index is 0.0478. The molecule has 2 fully saturated rings. The lowest BCUT2D eigenvalue weighted by molar-refractivity contribution is -0.146. The Hall–Kier alpha value is -1.26. The number of carbonyl (C=O) groups is 2. The number of hydrogen-bond acceptors (Lipinski definition) is 2. The van der Waals surface area contributed by atoms with Gasteiger partial charge in [0.25, 0.3) is 0 Å². The van der Waals surface area contributed by atoms with Gasteiger partial charge in [0.05, 0.1) is 5.41 Å². The molecule has 4 nitrogen and oxygen atoms in total. The average Bonchev–Trinajstić information content (AvgIpc) is 2.38. The maximum atomic E-state index is 13.2. The first-order valence-corrected chi connectivity index (χ1v) is 8.63. The van der Waals surface area contributed by atoms with Gasteiger partial charge in [-0.2, -0.15) is 0 Å². The van der Waals surface area contributed by atoms with Gasteiger partial charge in [0.15, 0.2) is 0 Å². The molecule has 2 aliphatic carbocycles. The van der Waals surface area contributed by atoms with Gasteiger partial charge in [0.1, 0.15) is 0 Å². The Balaban J connectivity index is 1.83. The highest BCUT2D eigenvalue weighted by Gasteiger charge is 2.51. The van der Waals surface area contributed by atoms with Gasteiger partial charge in [0, 0.05) is 34.6 Å². The molecule has 124 valence electrons. The van der Waals surface area contributed by atoms with Crippen LogP contribution in [0.4, 0.5) is 0 Å². The Morgan fingerprint density at radius 2 is 1.78 bits per heavy atom. The molecule has 0 aromatic heterocycles. The number of likely N-dealkylation sites (N-methyl/N-ethyl adjacent to an activating group) is 1. The van der Waals surface area contributed by atoms with Gasteiger partial charge in [-0.1, -0.05) is 35.7 Å². The number of nitrogens with two attached hydrogens (primary N) is 1. The third-order valence-corrected chi connectivity index (χ3v) is 6.07. The molecule has 2 saturated carbocycles. The highest BCUT2D eigenvalue weighted by atomic mass is 35.5. The van der Waals surface area contributed by atoms with Gasteiger partial charge in [0.2, 0.25) is 11.8 Å². The van der Waals surface area contributed by atoms with Crippen LogP contribution in [-0.2, 0) is 15.0 Å². The van der Waals surface area contributed by atoms with Crippen molar-refractivity contribution in [1.82, 2.24) is 4.90 Å². The summed E-state index contributed by atoms with van der Waals surface area (Å²) in [4.78, 5) is 26.1. The van der Waals surface area contributed by atoms with Gasteiger partial charge in [-0.05, 0) is 37.8 Å². The van der Waals surface area contributed by atoms with E-state index in [0.29, 0.717) is 22.9 Å². The van der Waals surface area contributed by atoms with E-state index in [1.807, 2.05) is 0 Å². The van der Waals surface area contributed by atoms with Crippen molar-refractivity contribution in [1.29, 1.82) is 0 Å². The summed E-state index contributed by atoms with van der Waals surface area (Å²) in [6.07, 6.45) is 3.78. The van der Waals surface area contributed by atoms with Crippen molar-refractivity contribution >= 4 is 35.0 Å². The number of halogens is 2. The third-order valence-electron chi connectivity index (χ3n) is 5.44. The third kappa shape index (κ3) is 2.62. The molecule has 0 bridgehead atoms. The van der Waals surface area contributed by atoms with E-state index in [4.69, 9.17) is 28.9 Å². The predicted molar refractivity (Wildman–Crippen MR) is 90.5 cm³/mol. The zero-order valence-corrected chi connectivity index (χ0v) is 14.5. The summed E-state index contributed by atoms with van der Waals surface area (Å²) >= 11 is 12.7. The first kappa shape index (κ1) is 16.6. The molecule has 0 unspecified atom stereocenters. The lowest BCUT2D eigenvalue weighted by Gasteiger charge is -2.48. The Morgan fingerprint density at radius 3 is 2.22 bits per heavy atom. The molecule has 1 aromatic carbocycles. The Kier molecular flexibility index (Phi) is 4.32. The monoisotopic (exact) mass is 354 g/mol. The Bertz CT molecular complexity index is 632. The van der Waals surface area contributed by atoms with Crippen LogP contribution in [0.15, 0.2) is 18.2 Å². The molecule has 3 rings (SSSR count). The molecule has 0 atom stereocenters. The lowest BCUT2D eigenvalue weighted by Crippen LogP contribution is -2.56. The van der Waals surface area contributed by atoms with Crippen molar-refractivity contribution in [2.24, 2.45) is 11.7 Å². The first-order valence-electron chi connectivity index (χ1n) is 7.88. The maximum Gasteiger partial charge on any atom is 0.233 e. The molecule has 2 aliphatic rings.